The number of sulfonamides is 1. The number of amides is 1. The summed E-state index contributed by atoms with van der Waals surface area (Å²) in [5.41, 5.74) is 2.11. The van der Waals surface area contributed by atoms with Gasteiger partial charge in [-0.15, -0.1) is 12.8 Å². The fourth-order valence-corrected chi connectivity index (χ4v) is 7.98. The van der Waals surface area contributed by atoms with E-state index in [1.54, 1.807) is 12.1 Å². The summed E-state index contributed by atoms with van der Waals surface area (Å²) in [5, 5.41) is 6.04. The number of carbonyl (C=O) groups excluding carboxylic acids is 3. The number of ether oxygens (including phenoxy) is 5. The van der Waals surface area contributed by atoms with E-state index in [4.69, 9.17) is 36.5 Å². The second-order valence-electron chi connectivity index (χ2n) is 15.5. The van der Waals surface area contributed by atoms with Crippen molar-refractivity contribution in [1.82, 2.24) is 0 Å². The maximum absolute atomic E-state index is 13.2. The lowest BCUT2D eigenvalue weighted by Crippen LogP contribution is -2.35. The molecule has 0 spiro atoms. The van der Waals surface area contributed by atoms with Crippen LogP contribution in [0.15, 0.2) is 95.9 Å². The Labute approximate surface area is 376 Å². The van der Waals surface area contributed by atoms with Crippen LogP contribution in [0.5, 0.6) is 11.5 Å². The molecule has 5 aromatic rings. The molecule has 2 N–H and O–H groups in total. The maximum atomic E-state index is 13.2. The summed E-state index contributed by atoms with van der Waals surface area (Å²) in [5.74, 6) is 5.39. The zero-order chi connectivity index (χ0) is 47.2. The SMILES string of the molecule is C#CCN(c1ccc(NC(=O)OC(C)(C)C)c2ccccc12)[C@@H](C)CC(=O)OC.C#CCN(c1ccc(NS(=O)(=O)c2ccc(OC)c(OC)c2)c2ccccc12)[C@@H](C)CC(=O)OC. The molecule has 0 heterocycles. The van der Waals surface area contributed by atoms with Crippen molar-refractivity contribution in [3.8, 4) is 36.2 Å². The number of terminal acetylenes is 2. The van der Waals surface area contributed by atoms with Crippen LogP contribution in [0, 0.1) is 24.7 Å². The van der Waals surface area contributed by atoms with Crippen molar-refractivity contribution in [3.63, 3.8) is 0 Å². The third-order valence-electron chi connectivity index (χ3n) is 9.93. The van der Waals surface area contributed by atoms with Gasteiger partial charge in [-0.05, 0) is 71.0 Å². The molecule has 0 aliphatic heterocycles. The van der Waals surface area contributed by atoms with Gasteiger partial charge in [0.15, 0.2) is 11.5 Å². The third-order valence-corrected chi connectivity index (χ3v) is 11.3. The number of hydrogen-bond acceptors (Lipinski definition) is 12. The Morgan fingerprint density at radius 2 is 1.11 bits per heavy atom. The maximum Gasteiger partial charge on any atom is 0.412 e. The minimum atomic E-state index is -3.93. The summed E-state index contributed by atoms with van der Waals surface area (Å²) >= 11 is 0. The number of hydrogen-bond donors (Lipinski definition) is 2. The van der Waals surface area contributed by atoms with Gasteiger partial charge in [0.05, 0.1) is 70.6 Å². The van der Waals surface area contributed by atoms with Crippen molar-refractivity contribution in [3.05, 3.63) is 91.0 Å². The average Bonchev–Trinajstić information content (AvgIpc) is 3.27. The Balaban J connectivity index is 0.000000286. The minimum absolute atomic E-state index is 0.0315. The van der Waals surface area contributed by atoms with Crippen molar-refractivity contribution in [1.29, 1.82) is 0 Å². The van der Waals surface area contributed by atoms with Gasteiger partial charge in [-0.3, -0.25) is 19.6 Å². The van der Waals surface area contributed by atoms with E-state index in [1.807, 2.05) is 105 Å². The van der Waals surface area contributed by atoms with Gasteiger partial charge < -0.3 is 33.5 Å². The van der Waals surface area contributed by atoms with Gasteiger partial charge >= 0.3 is 18.0 Å². The molecule has 5 rings (SSSR count). The standard InChI is InChI=1S/C26H28N2O6S.C23H28N2O4/c1-6-15-28(18(2)16-26(29)34-5)23-13-12-22(20-9-7-8-10-21(20)23)27-35(30,31)19-11-14-24(32-3)25(17-19)33-4;1-7-14-25(16(2)15-21(26)28-6)20-13-12-19(17-10-8-9-11-18(17)20)24-22(27)29-23(3,4)5/h1,7-14,17-18,27H,15-16H2,2-5H3;1,8-13,16H,14-15H2,2-6H3,(H,24,27)/t18-;16-/m00/s1. The number of carbonyl (C=O) groups is 3. The van der Waals surface area contributed by atoms with E-state index in [1.165, 1.54) is 46.6 Å². The number of methoxy groups -OCH3 is 4. The molecule has 0 unspecified atom stereocenters. The van der Waals surface area contributed by atoms with Crippen LogP contribution >= 0.6 is 0 Å². The third kappa shape index (κ3) is 12.7. The van der Waals surface area contributed by atoms with Gasteiger partial charge in [0.2, 0.25) is 0 Å². The molecular weight excluding hydrogens is 837 g/mol. The van der Waals surface area contributed by atoms with Crippen LogP contribution in [-0.4, -0.2) is 85.7 Å². The van der Waals surface area contributed by atoms with Crippen LogP contribution < -0.4 is 29.3 Å². The molecule has 0 aliphatic carbocycles. The monoisotopic (exact) mass is 892 g/mol. The summed E-state index contributed by atoms with van der Waals surface area (Å²) in [6.45, 7) is 9.85. The lowest BCUT2D eigenvalue weighted by molar-refractivity contribution is -0.141. The minimum Gasteiger partial charge on any atom is -0.493 e. The van der Waals surface area contributed by atoms with E-state index >= 15 is 0 Å². The number of anilines is 4. The molecule has 64 heavy (non-hydrogen) atoms. The molecule has 14 nitrogen and oxygen atoms in total. The van der Waals surface area contributed by atoms with Crippen LogP contribution in [-0.2, 0) is 33.8 Å². The normalized spacial score (nSPS) is 11.9. The fourth-order valence-electron chi connectivity index (χ4n) is 6.89. The Kier molecular flexibility index (Phi) is 17.3. The molecule has 0 bridgehead atoms. The number of nitrogens with one attached hydrogen (secondary N) is 2. The van der Waals surface area contributed by atoms with Crippen LogP contribution in [0.3, 0.4) is 0 Å². The van der Waals surface area contributed by atoms with Crippen LogP contribution in [0.4, 0.5) is 27.5 Å². The molecule has 0 aliphatic rings. The molecule has 0 radical (unpaired) electrons. The van der Waals surface area contributed by atoms with Crippen LogP contribution in [0.1, 0.15) is 47.5 Å². The van der Waals surface area contributed by atoms with Gasteiger partial charge in [-0.1, -0.05) is 60.4 Å². The zero-order valence-corrected chi connectivity index (χ0v) is 38.5. The first kappa shape index (κ1) is 49.6. The summed E-state index contributed by atoms with van der Waals surface area (Å²) in [7, 11) is 1.70. The highest BCUT2D eigenvalue weighted by molar-refractivity contribution is 7.92. The van der Waals surface area contributed by atoms with Crippen molar-refractivity contribution < 1.29 is 46.5 Å². The Bertz CT molecular complexity index is 2650. The van der Waals surface area contributed by atoms with Crippen molar-refractivity contribution in [2.24, 2.45) is 0 Å². The number of nitrogens with zero attached hydrogens (tertiary/aromatic N) is 2. The Morgan fingerprint density at radius 1 is 0.656 bits per heavy atom. The van der Waals surface area contributed by atoms with Crippen LogP contribution in [0.2, 0.25) is 0 Å². The summed E-state index contributed by atoms with van der Waals surface area (Å²) in [4.78, 5) is 39.8. The molecular formula is C49H56N4O10S. The van der Waals surface area contributed by atoms with E-state index in [0.717, 1.165) is 27.5 Å². The van der Waals surface area contributed by atoms with Gasteiger partial charge in [0.25, 0.3) is 10.0 Å². The second-order valence-corrected chi connectivity index (χ2v) is 17.2. The van der Waals surface area contributed by atoms with E-state index in [9.17, 15) is 22.8 Å². The lowest BCUT2D eigenvalue weighted by atomic mass is 10.0. The average molecular weight is 893 g/mol. The van der Waals surface area contributed by atoms with Gasteiger partial charge in [0.1, 0.15) is 5.60 Å². The fraction of sp³-hybridized carbons (Fsp3) is 0.327. The topological polar surface area (TPSA) is 162 Å². The highest BCUT2D eigenvalue weighted by Crippen LogP contribution is 2.37. The molecule has 2 atom stereocenters. The van der Waals surface area contributed by atoms with E-state index in [2.05, 4.69) is 21.9 Å². The summed E-state index contributed by atoms with van der Waals surface area (Å²) < 4.78 is 54.5. The predicted octanol–water partition coefficient (Wildman–Crippen LogP) is 8.63. The highest BCUT2D eigenvalue weighted by Gasteiger charge is 2.24. The lowest BCUT2D eigenvalue weighted by Gasteiger charge is -2.30. The summed E-state index contributed by atoms with van der Waals surface area (Å²) in [6, 6.07) is 26.3. The first-order chi connectivity index (χ1) is 30.4. The molecule has 338 valence electrons. The number of fused-ring (bicyclic) bond motifs is 2. The largest absolute Gasteiger partial charge is 0.493 e. The predicted molar refractivity (Wildman–Crippen MR) is 253 cm³/mol. The second kappa shape index (κ2) is 22.3. The Hall–Kier alpha value is -7.10. The van der Waals surface area contributed by atoms with Crippen molar-refractivity contribution >= 4 is 72.3 Å². The molecule has 5 aromatic carbocycles. The molecule has 1 amide bonds. The molecule has 0 saturated heterocycles. The highest BCUT2D eigenvalue weighted by atomic mass is 32.2. The summed E-state index contributed by atoms with van der Waals surface area (Å²) in [6.07, 6.45) is 11.0. The zero-order valence-electron chi connectivity index (χ0n) is 37.7. The van der Waals surface area contributed by atoms with Crippen molar-refractivity contribution in [2.75, 3.05) is 61.4 Å². The number of benzene rings is 5. The van der Waals surface area contributed by atoms with Crippen molar-refractivity contribution in [2.45, 2.75) is 70.0 Å². The van der Waals surface area contributed by atoms with Gasteiger partial charge in [-0.25, -0.2) is 13.2 Å². The van der Waals surface area contributed by atoms with E-state index < -0.39 is 21.7 Å². The first-order valence-electron chi connectivity index (χ1n) is 20.2. The molecule has 0 saturated carbocycles. The van der Waals surface area contributed by atoms with E-state index in [-0.39, 0.29) is 48.3 Å². The van der Waals surface area contributed by atoms with E-state index in [0.29, 0.717) is 34.8 Å². The van der Waals surface area contributed by atoms with Gasteiger partial charge in [0, 0.05) is 51.1 Å². The molecule has 0 fully saturated rings. The Morgan fingerprint density at radius 3 is 1.55 bits per heavy atom. The first-order valence-corrected chi connectivity index (χ1v) is 21.7. The molecule has 0 aromatic heterocycles. The number of rotatable bonds is 16. The van der Waals surface area contributed by atoms with Gasteiger partial charge in [-0.2, -0.15) is 0 Å². The van der Waals surface area contributed by atoms with Crippen LogP contribution in [0.25, 0.3) is 21.5 Å². The molecule has 15 heteroatoms. The number of esters is 2. The smallest absolute Gasteiger partial charge is 0.412 e. The quantitative estimate of drug-likeness (QED) is 0.0552.